The van der Waals surface area contributed by atoms with E-state index in [-0.39, 0.29) is 24.5 Å². The number of esters is 1. The van der Waals surface area contributed by atoms with Crippen LogP contribution in [0, 0.1) is 11.3 Å². The van der Waals surface area contributed by atoms with Crippen LogP contribution in [0.4, 0.5) is 4.79 Å². The summed E-state index contributed by atoms with van der Waals surface area (Å²) in [5.74, 6) is -0.565. The van der Waals surface area contributed by atoms with Gasteiger partial charge in [0.05, 0.1) is 0 Å². The van der Waals surface area contributed by atoms with E-state index in [0.29, 0.717) is 18.8 Å². The van der Waals surface area contributed by atoms with Crippen molar-refractivity contribution in [3.63, 3.8) is 0 Å². The number of carbonyl (C=O) groups excluding carboxylic acids is 3. The van der Waals surface area contributed by atoms with Crippen LogP contribution >= 0.6 is 0 Å². The van der Waals surface area contributed by atoms with Gasteiger partial charge in [0, 0.05) is 0 Å². The maximum atomic E-state index is 13.0. The number of carbonyl (C=O) groups is 3. The van der Waals surface area contributed by atoms with Crippen molar-refractivity contribution in [2.24, 2.45) is 11.3 Å². The summed E-state index contributed by atoms with van der Waals surface area (Å²) in [4.78, 5) is 38.5. The van der Waals surface area contributed by atoms with Crippen molar-refractivity contribution in [1.82, 2.24) is 10.2 Å². The molecule has 2 fully saturated rings. The van der Waals surface area contributed by atoms with E-state index in [2.05, 4.69) is 26.1 Å². The van der Waals surface area contributed by atoms with Gasteiger partial charge in [0.2, 0.25) is 0 Å². The number of hydrogen-bond acceptors (Lipinski definition) is 4. The molecule has 0 radical (unpaired) electrons. The third-order valence-electron chi connectivity index (χ3n) is 5.15. The monoisotopic (exact) mass is 358 g/mol. The SMILES string of the molecule is C[C@H]1CC(C)(C)C[C@@]2(C1)NC(=O)N(CC(=O)OCc1ccccc1)C2=O. The molecule has 3 rings (SSSR count). The van der Waals surface area contributed by atoms with E-state index in [1.807, 2.05) is 30.3 Å². The molecular formula is C20H26N2O4. The minimum Gasteiger partial charge on any atom is -0.459 e. The number of nitrogens with zero attached hydrogens (tertiary/aromatic N) is 1. The minimum atomic E-state index is -0.891. The molecular weight excluding hydrogens is 332 g/mol. The van der Waals surface area contributed by atoms with Crippen LogP contribution in [-0.4, -0.2) is 34.9 Å². The lowest BCUT2D eigenvalue weighted by molar-refractivity contribution is -0.149. The average molecular weight is 358 g/mol. The third kappa shape index (κ3) is 3.74. The normalized spacial score (nSPS) is 27.5. The van der Waals surface area contributed by atoms with Crippen molar-refractivity contribution in [3.8, 4) is 0 Å². The zero-order valence-electron chi connectivity index (χ0n) is 15.6. The van der Waals surface area contributed by atoms with Crippen LogP contribution in [0.1, 0.15) is 45.6 Å². The number of rotatable bonds is 4. The van der Waals surface area contributed by atoms with Gasteiger partial charge in [-0.25, -0.2) is 4.79 Å². The predicted octanol–water partition coefficient (Wildman–Crippen LogP) is 2.87. The second kappa shape index (κ2) is 6.74. The first-order chi connectivity index (χ1) is 12.2. The predicted molar refractivity (Wildman–Crippen MR) is 96.0 cm³/mol. The topological polar surface area (TPSA) is 75.7 Å². The van der Waals surface area contributed by atoms with E-state index >= 15 is 0 Å². The molecule has 1 aromatic carbocycles. The van der Waals surface area contributed by atoms with Gasteiger partial charge in [-0.05, 0) is 36.2 Å². The zero-order valence-corrected chi connectivity index (χ0v) is 15.6. The van der Waals surface area contributed by atoms with Gasteiger partial charge in [0.15, 0.2) is 0 Å². The molecule has 2 aliphatic rings. The van der Waals surface area contributed by atoms with E-state index in [1.165, 1.54) is 0 Å². The average Bonchev–Trinajstić information content (AvgIpc) is 2.75. The highest BCUT2D eigenvalue weighted by Crippen LogP contribution is 2.46. The Hall–Kier alpha value is -2.37. The van der Waals surface area contributed by atoms with Gasteiger partial charge in [-0.1, -0.05) is 51.1 Å². The first-order valence-corrected chi connectivity index (χ1v) is 9.04. The van der Waals surface area contributed by atoms with Crippen LogP contribution in [0.2, 0.25) is 0 Å². The molecule has 0 bridgehead atoms. The fourth-order valence-electron chi connectivity index (χ4n) is 4.56. The summed E-state index contributed by atoms with van der Waals surface area (Å²) in [7, 11) is 0. The molecule has 26 heavy (non-hydrogen) atoms. The van der Waals surface area contributed by atoms with Crippen molar-refractivity contribution in [3.05, 3.63) is 35.9 Å². The Bertz CT molecular complexity index is 716. The van der Waals surface area contributed by atoms with Crippen molar-refractivity contribution in [2.75, 3.05) is 6.54 Å². The molecule has 1 spiro atoms. The number of imide groups is 1. The molecule has 1 aromatic rings. The number of ether oxygens (including phenoxy) is 1. The first kappa shape index (κ1) is 18.4. The fourth-order valence-corrected chi connectivity index (χ4v) is 4.56. The Balaban J connectivity index is 1.65. The lowest BCUT2D eigenvalue weighted by Crippen LogP contribution is -2.54. The molecule has 6 heteroatoms. The summed E-state index contributed by atoms with van der Waals surface area (Å²) >= 11 is 0. The molecule has 1 aliphatic carbocycles. The Labute approximate surface area is 153 Å². The highest BCUT2D eigenvalue weighted by molar-refractivity contribution is 6.08. The van der Waals surface area contributed by atoms with E-state index in [9.17, 15) is 14.4 Å². The van der Waals surface area contributed by atoms with Crippen LogP contribution in [0.15, 0.2) is 30.3 Å². The van der Waals surface area contributed by atoms with Crippen LogP contribution in [-0.2, 0) is 20.9 Å². The molecule has 1 N–H and O–H groups in total. The molecule has 6 nitrogen and oxygen atoms in total. The van der Waals surface area contributed by atoms with E-state index in [1.54, 1.807) is 0 Å². The maximum absolute atomic E-state index is 13.0. The van der Waals surface area contributed by atoms with Crippen LogP contribution in [0.3, 0.4) is 0 Å². The quantitative estimate of drug-likeness (QED) is 0.663. The van der Waals surface area contributed by atoms with Gasteiger partial charge in [-0.3, -0.25) is 14.5 Å². The van der Waals surface area contributed by atoms with Gasteiger partial charge in [0.25, 0.3) is 5.91 Å². The smallest absolute Gasteiger partial charge is 0.326 e. The number of nitrogens with one attached hydrogen (secondary N) is 1. The summed E-state index contributed by atoms with van der Waals surface area (Å²) in [5.41, 5.74) is -0.0695. The summed E-state index contributed by atoms with van der Waals surface area (Å²) < 4.78 is 5.21. The Kier molecular flexibility index (Phi) is 4.78. The number of urea groups is 1. The Morgan fingerprint density at radius 2 is 1.92 bits per heavy atom. The lowest BCUT2D eigenvalue weighted by Gasteiger charge is -2.43. The summed E-state index contributed by atoms with van der Waals surface area (Å²) in [6, 6.07) is 8.79. The van der Waals surface area contributed by atoms with E-state index < -0.39 is 17.5 Å². The summed E-state index contributed by atoms with van der Waals surface area (Å²) in [6.07, 6.45) is 2.21. The fraction of sp³-hybridized carbons (Fsp3) is 0.550. The van der Waals surface area contributed by atoms with Crippen LogP contribution < -0.4 is 5.32 Å². The molecule has 0 unspecified atom stereocenters. The van der Waals surface area contributed by atoms with Gasteiger partial charge in [0.1, 0.15) is 18.7 Å². The largest absolute Gasteiger partial charge is 0.459 e. The number of benzene rings is 1. The summed E-state index contributed by atoms with van der Waals surface area (Å²) in [5, 5.41) is 2.86. The van der Waals surface area contributed by atoms with Crippen molar-refractivity contribution in [2.45, 2.75) is 52.2 Å². The summed E-state index contributed by atoms with van der Waals surface area (Å²) in [6.45, 7) is 6.09. The van der Waals surface area contributed by atoms with Gasteiger partial charge < -0.3 is 10.1 Å². The van der Waals surface area contributed by atoms with Gasteiger partial charge >= 0.3 is 12.0 Å². The standard InChI is InChI=1S/C20H26N2O4/c1-14-9-19(2,3)13-20(10-14)17(24)22(18(25)21-20)11-16(23)26-12-15-7-5-4-6-8-15/h4-8,14H,9-13H2,1-3H3,(H,21,25)/t14-,20+/m0/s1. The lowest BCUT2D eigenvalue weighted by atomic mass is 9.64. The third-order valence-corrected chi connectivity index (χ3v) is 5.15. The van der Waals surface area contributed by atoms with Gasteiger partial charge in [-0.15, -0.1) is 0 Å². The van der Waals surface area contributed by atoms with E-state index in [0.717, 1.165) is 16.9 Å². The van der Waals surface area contributed by atoms with Crippen LogP contribution in [0.25, 0.3) is 0 Å². The van der Waals surface area contributed by atoms with Gasteiger partial charge in [-0.2, -0.15) is 0 Å². The molecule has 1 aliphatic heterocycles. The zero-order chi connectivity index (χ0) is 18.9. The maximum Gasteiger partial charge on any atom is 0.326 e. The highest BCUT2D eigenvalue weighted by Gasteiger charge is 2.56. The molecule has 1 saturated carbocycles. The Morgan fingerprint density at radius 3 is 2.58 bits per heavy atom. The molecule has 2 atom stereocenters. The van der Waals surface area contributed by atoms with Crippen molar-refractivity contribution < 1.29 is 19.1 Å². The second-order valence-electron chi connectivity index (χ2n) is 8.40. The molecule has 1 heterocycles. The van der Waals surface area contributed by atoms with E-state index in [4.69, 9.17) is 4.74 Å². The number of hydrogen-bond donors (Lipinski definition) is 1. The molecule has 140 valence electrons. The van der Waals surface area contributed by atoms with Crippen LogP contribution in [0.5, 0.6) is 0 Å². The van der Waals surface area contributed by atoms with Crippen molar-refractivity contribution >= 4 is 17.9 Å². The molecule has 3 amide bonds. The molecule has 0 aromatic heterocycles. The highest BCUT2D eigenvalue weighted by atomic mass is 16.5. The molecule has 1 saturated heterocycles. The van der Waals surface area contributed by atoms with Crippen molar-refractivity contribution in [1.29, 1.82) is 0 Å². The first-order valence-electron chi connectivity index (χ1n) is 9.04. The minimum absolute atomic E-state index is 0.0373. The Morgan fingerprint density at radius 1 is 1.23 bits per heavy atom. The number of amides is 3. The second-order valence-corrected chi connectivity index (χ2v) is 8.40.